The molecule has 0 spiro atoms. The van der Waals surface area contributed by atoms with E-state index < -0.39 is 5.60 Å². The van der Waals surface area contributed by atoms with Crippen LogP contribution in [0.3, 0.4) is 0 Å². The highest BCUT2D eigenvalue weighted by molar-refractivity contribution is 5.79. The Morgan fingerprint density at radius 3 is 2.48 bits per heavy atom. The van der Waals surface area contributed by atoms with Gasteiger partial charge in [-0.05, 0) is 53.4 Å². The van der Waals surface area contributed by atoms with Crippen LogP contribution in [0.1, 0.15) is 53.4 Å². The number of nitrogens with one attached hydrogen (secondary N) is 1. The number of rotatable bonds is 3. The number of nitrogens with zero attached hydrogens (tertiary/aromatic N) is 1. The molecule has 1 N–H and O–H groups in total. The van der Waals surface area contributed by atoms with Crippen molar-refractivity contribution >= 4 is 12.0 Å². The van der Waals surface area contributed by atoms with Crippen LogP contribution in [-0.2, 0) is 14.3 Å². The maximum Gasteiger partial charge on any atom is 0.410 e. The minimum atomic E-state index is -0.484. The van der Waals surface area contributed by atoms with Crippen molar-refractivity contribution in [3.05, 3.63) is 0 Å². The SMILES string of the molecule is CC(C)(C)OC(=O)N1CCC(C(=O)NCC2(C)CCCO2)CC1. The summed E-state index contributed by atoms with van der Waals surface area (Å²) in [7, 11) is 0. The predicted molar refractivity (Wildman–Crippen MR) is 87.1 cm³/mol. The smallest absolute Gasteiger partial charge is 0.410 e. The second-order valence-corrected chi connectivity index (χ2v) is 7.86. The largest absolute Gasteiger partial charge is 0.444 e. The molecule has 0 saturated carbocycles. The number of carbonyl (C=O) groups is 2. The van der Waals surface area contributed by atoms with E-state index in [2.05, 4.69) is 5.32 Å². The fourth-order valence-electron chi connectivity index (χ4n) is 3.05. The van der Waals surface area contributed by atoms with Crippen molar-refractivity contribution in [1.29, 1.82) is 0 Å². The topological polar surface area (TPSA) is 67.9 Å². The molecule has 6 heteroatoms. The first-order valence-electron chi connectivity index (χ1n) is 8.58. The van der Waals surface area contributed by atoms with E-state index in [9.17, 15) is 9.59 Å². The lowest BCUT2D eigenvalue weighted by Crippen LogP contribution is -2.47. The molecule has 2 heterocycles. The molecule has 0 aromatic heterocycles. The van der Waals surface area contributed by atoms with Gasteiger partial charge in [-0.15, -0.1) is 0 Å². The summed E-state index contributed by atoms with van der Waals surface area (Å²) in [5, 5.41) is 3.02. The highest BCUT2D eigenvalue weighted by Crippen LogP contribution is 2.25. The first-order valence-corrected chi connectivity index (χ1v) is 8.58. The lowest BCUT2D eigenvalue weighted by atomic mass is 9.95. The molecule has 2 saturated heterocycles. The molecule has 0 aromatic rings. The van der Waals surface area contributed by atoms with Crippen molar-refractivity contribution in [1.82, 2.24) is 10.2 Å². The van der Waals surface area contributed by atoms with Gasteiger partial charge in [0.25, 0.3) is 0 Å². The Hall–Kier alpha value is -1.30. The van der Waals surface area contributed by atoms with Crippen molar-refractivity contribution < 1.29 is 19.1 Å². The summed E-state index contributed by atoms with van der Waals surface area (Å²) in [5.41, 5.74) is -0.699. The average molecular weight is 326 g/mol. The van der Waals surface area contributed by atoms with E-state index in [-0.39, 0.29) is 23.5 Å². The van der Waals surface area contributed by atoms with Crippen LogP contribution < -0.4 is 5.32 Å². The van der Waals surface area contributed by atoms with Gasteiger partial charge in [0.1, 0.15) is 5.60 Å². The highest BCUT2D eigenvalue weighted by Gasteiger charge is 2.33. The third kappa shape index (κ3) is 5.37. The van der Waals surface area contributed by atoms with Crippen molar-refractivity contribution in [3.63, 3.8) is 0 Å². The van der Waals surface area contributed by atoms with E-state index in [0.29, 0.717) is 32.5 Å². The van der Waals surface area contributed by atoms with Crippen LogP contribution in [0.15, 0.2) is 0 Å². The molecule has 2 aliphatic rings. The molecule has 2 aliphatic heterocycles. The zero-order valence-electron chi connectivity index (χ0n) is 14.8. The van der Waals surface area contributed by atoms with E-state index >= 15 is 0 Å². The van der Waals surface area contributed by atoms with E-state index in [1.54, 1.807) is 4.90 Å². The van der Waals surface area contributed by atoms with Crippen molar-refractivity contribution in [2.24, 2.45) is 5.92 Å². The Balaban J connectivity index is 1.73. The van der Waals surface area contributed by atoms with Gasteiger partial charge in [0, 0.05) is 32.2 Å². The Bertz CT molecular complexity index is 430. The van der Waals surface area contributed by atoms with E-state index in [1.807, 2.05) is 27.7 Å². The first-order chi connectivity index (χ1) is 10.7. The number of hydrogen-bond donors (Lipinski definition) is 1. The minimum Gasteiger partial charge on any atom is -0.444 e. The first kappa shape index (κ1) is 18.0. The van der Waals surface area contributed by atoms with Crippen LogP contribution in [0.2, 0.25) is 0 Å². The Morgan fingerprint density at radius 1 is 1.30 bits per heavy atom. The van der Waals surface area contributed by atoms with Crippen molar-refractivity contribution in [2.75, 3.05) is 26.2 Å². The molecule has 0 aliphatic carbocycles. The van der Waals surface area contributed by atoms with Crippen LogP contribution in [0.25, 0.3) is 0 Å². The Labute approximate surface area is 138 Å². The summed E-state index contributed by atoms with van der Waals surface area (Å²) in [6, 6.07) is 0. The monoisotopic (exact) mass is 326 g/mol. The third-order valence-corrected chi connectivity index (χ3v) is 4.45. The Morgan fingerprint density at radius 2 is 1.96 bits per heavy atom. The van der Waals surface area contributed by atoms with E-state index in [0.717, 1.165) is 19.4 Å². The van der Waals surface area contributed by atoms with Crippen LogP contribution in [0.5, 0.6) is 0 Å². The third-order valence-electron chi connectivity index (χ3n) is 4.45. The molecule has 2 rings (SSSR count). The van der Waals surface area contributed by atoms with E-state index in [1.165, 1.54) is 0 Å². The molecule has 1 unspecified atom stereocenters. The van der Waals surface area contributed by atoms with Crippen LogP contribution in [0, 0.1) is 5.92 Å². The fourth-order valence-corrected chi connectivity index (χ4v) is 3.05. The van der Waals surface area contributed by atoms with Gasteiger partial charge in [-0.2, -0.15) is 0 Å². The zero-order chi connectivity index (χ0) is 17.1. The van der Waals surface area contributed by atoms with Gasteiger partial charge in [0.15, 0.2) is 0 Å². The summed E-state index contributed by atoms with van der Waals surface area (Å²) in [6.07, 6.45) is 3.12. The van der Waals surface area contributed by atoms with E-state index in [4.69, 9.17) is 9.47 Å². The van der Waals surface area contributed by atoms with Gasteiger partial charge in [0.05, 0.1) is 5.60 Å². The molecular formula is C17H30N2O4. The van der Waals surface area contributed by atoms with Gasteiger partial charge in [-0.3, -0.25) is 4.79 Å². The number of hydrogen-bond acceptors (Lipinski definition) is 4. The number of ether oxygens (including phenoxy) is 2. The Kier molecular flexibility index (Phi) is 5.55. The molecule has 0 bridgehead atoms. The van der Waals surface area contributed by atoms with Crippen LogP contribution in [0.4, 0.5) is 4.79 Å². The van der Waals surface area contributed by atoms with Crippen molar-refractivity contribution in [2.45, 2.75) is 64.6 Å². The van der Waals surface area contributed by atoms with Crippen molar-refractivity contribution in [3.8, 4) is 0 Å². The zero-order valence-corrected chi connectivity index (χ0v) is 14.8. The number of amides is 2. The predicted octanol–water partition coefficient (Wildman–Crippen LogP) is 2.32. The molecule has 1 atom stereocenters. The summed E-state index contributed by atoms with van der Waals surface area (Å²) in [6.45, 7) is 10.1. The molecule has 0 radical (unpaired) electrons. The molecule has 2 fully saturated rings. The minimum absolute atomic E-state index is 0.0290. The van der Waals surface area contributed by atoms with Gasteiger partial charge >= 0.3 is 6.09 Å². The second kappa shape index (κ2) is 7.07. The van der Waals surface area contributed by atoms with Crippen LogP contribution in [-0.4, -0.2) is 54.3 Å². The summed E-state index contributed by atoms with van der Waals surface area (Å²) < 4.78 is 11.1. The second-order valence-electron chi connectivity index (χ2n) is 7.86. The number of likely N-dealkylation sites (tertiary alicyclic amines) is 1. The molecule has 6 nitrogen and oxygen atoms in total. The fraction of sp³-hybridized carbons (Fsp3) is 0.882. The standard InChI is InChI=1S/C17H30N2O4/c1-16(2,3)23-15(21)19-9-6-13(7-10-19)14(20)18-12-17(4)8-5-11-22-17/h13H,5-12H2,1-4H3,(H,18,20). The molecule has 0 aromatic carbocycles. The quantitative estimate of drug-likeness (QED) is 0.864. The normalized spacial score (nSPS) is 26.2. The number of piperidine rings is 1. The lowest BCUT2D eigenvalue weighted by molar-refractivity contribution is -0.127. The van der Waals surface area contributed by atoms with Gasteiger partial charge < -0.3 is 19.7 Å². The average Bonchev–Trinajstić information content (AvgIpc) is 2.90. The molecule has 2 amide bonds. The highest BCUT2D eigenvalue weighted by atomic mass is 16.6. The molecule has 132 valence electrons. The number of carbonyl (C=O) groups excluding carboxylic acids is 2. The summed E-state index contributed by atoms with van der Waals surface area (Å²) in [4.78, 5) is 26.0. The van der Waals surface area contributed by atoms with Gasteiger partial charge in [-0.25, -0.2) is 4.79 Å². The van der Waals surface area contributed by atoms with Gasteiger partial charge in [-0.1, -0.05) is 0 Å². The van der Waals surface area contributed by atoms with Crippen LogP contribution >= 0.6 is 0 Å². The maximum absolute atomic E-state index is 12.3. The maximum atomic E-state index is 12.3. The summed E-state index contributed by atoms with van der Waals surface area (Å²) in [5.74, 6) is 0.0456. The summed E-state index contributed by atoms with van der Waals surface area (Å²) >= 11 is 0. The molecular weight excluding hydrogens is 296 g/mol. The lowest BCUT2D eigenvalue weighted by Gasteiger charge is -2.33. The van der Waals surface area contributed by atoms with Gasteiger partial charge in [0.2, 0.25) is 5.91 Å². The molecule has 23 heavy (non-hydrogen) atoms.